The molecule has 52 valence electrons. The molecule has 1 aliphatic rings. The van der Waals surface area contributed by atoms with Crippen LogP contribution in [0.5, 0.6) is 0 Å². The number of hydrazine groups is 2. The Bertz CT molecular complexity index is 141. The summed E-state index contributed by atoms with van der Waals surface area (Å²) in [6, 6.07) is 0. The summed E-state index contributed by atoms with van der Waals surface area (Å²) in [5, 5.41) is 9.00. The first-order valence-corrected chi connectivity index (χ1v) is 2.90. The van der Waals surface area contributed by atoms with Crippen LogP contribution in [0.2, 0.25) is 0 Å². The number of hydrogen-bond acceptors (Lipinski definition) is 7. The van der Waals surface area contributed by atoms with Crippen molar-refractivity contribution in [2.45, 2.75) is 6.17 Å². The van der Waals surface area contributed by atoms with Gasteiger partial charge in [0.25, 0.3) is 0 Å². The van der Waals surface area contributed by atoms with Crippen LogP contribution in [0.15, 0.2) is 0 Å². The first-order valence-electron chi connectivity index (χ1n) is 2.13. The molecule has 0 radical (unpaired) electrons. The summed E-state index contributed by atoms with van der Waals surface area (Å²) in [5.74, 6) is 5.05. The van der Waals surface area contributed by atoms with E-state index in [0.29, 0.717) is 16.5 Å². The predicted octanol–water partition coefficient (Wildman–Crippen LogP) is -1.76. The van der Waals surface area contributed by atoms with Gasteiger partial charge in [-0.15, -0.1) is 5.12 Å². The van der Waals surface area contributed by atoms with E-state index < -0.39 is 6.17 Å². The molecule has 1 saturated heterocycles. The molecule has 1 atom stereocenters. The number of carbonyl (C=O) groups excluding carboxylic acids is 1. The zero-order valence-electron chi connectivity index (χ0n) is 4.39. The Balaban J connectivity index is 2.65. The summed E-state index contributed by atoms with van der Waals surface area (Å²) in [4.78, 5) is 10.5. The van der Waals surface area contributed by atoms with E-state index in [1.165, 1.54) is 0 Å². The normalized spacial score (nSPS) is 31.9. The average Bonchev–Trinajstić information content (AvgIpc) is 1.98. The monoisotopic (exact) mass is 150 g/mol. The molecule has 0 aromatic carbocycles. The van der Waals surface area contributed by atoms with E-state index >= 15 is 0 Å². The molecule has 1 heterocycles. The number of nitrogens with two attached hydrogens (primary N) is 2. The van der Waals surface area contributed by atoms with Crippen LogP contribution in [-0.4, -0.2) is 26.2 Å². The second-order valence-electron chi connectivity index (χ2n) is 1.49. The van der Waals surface area contributed by atoms with Gasteiger partial charge in [-0.2, -0.15) is 0 Å². The molecule has 9 heavy (non-hydrogen) atoms. The van der Waals surface area contributed by atoms with Crippen molar-refractivity contribution >= 4 is 17.1 Å². The highest BCUT2D eigenvalue weighted by atomic mass is 32.2. The molecule has 0 spiro atoms. The van der Waals surface area contributed by atoms with Gasteiger partial charge in [-0.05, 0) is 4.58 Å². The van der Waals surface area contributed by atoms with Crippen LogP contribution in [0.3, 0.4) is 0 Å². The van der Waals surface area contributed by atoms with Crippen LogP contribution < -0.4 is 11.6 Å². The van der Waals surface area contributed by atoms with Gasteiger partial charge in [0, 0.05) is 11.9 Å². The fourth-order valence-electron chi connectivity index (χ4n) is 0.396. The van der Waals surface area contributed by atoms with Crippen molar-refractivity contribution in [1.29, 1.82) is 0 Å². The Hall–Kier alpha value is -0.180. The van der Waals surface area contributed by atoms with E-state index in [9.17, 15) is 4.79 Å². The molecule has 6 nitrogen and oxygen atoms in total. The van der Waals surface area contributed by atoms with Crippen molar-refractivity contribution in [3.05, 3.63) is 0 Å². The smallest absolute Gasteiger partial charge is 0.241 e. The first-order chi connectivity index (χ1) is 4.13. The van der Waals surface area contributed by atoms with Gasteiger partial charge in [0.15, 0.2) is 6.17 Å². The highest BCUT2D eigenvalue weighted by Crippen LogP contribution is 2.19. The summed E-state index contributed by atoms with van der Waals surface area (Å²) in [7, 11) is 0. The molecule has 0 aliphatic carbocycles. The van der Waals surface area contributed by atoms with Crippen LogP contribution in [0, 0.1) is 0 Å². The highest BCUT2D eigenvalue weighted by Gasteiger charge is 2.34. The average molecular weight is 150 g/mol. The number of rotatable bonds is 0. The van der Waals surface area contributed by atoms with E-state index in [4.69, 9.17) is 16.8 Å². The molecule has 1 fully saturated rings. The van der Waals surface area contributed by atoms with Gasteiger partial charge < -0.3 is 5.73 Å². The Morgan fingerprint density at radius 2 is 2.33 bits per heavy atom. The topological polar surface area (TPSA) is 95.8 Å². The van der Waals surface area contributed by atoms with Gasteiger partial charge in [-0.25, -0.2) is 0 Å². The first kappa shape index (κ1) is 6.93. The summed E-state index contributed by atoms with van der Waals surface area (Å²) in [6.07, 6.45) is -0.931. The third kappa shape index (κ3) is 1.06. The third-order valence-electron chi connectivity index (χ3n) is 0.896. The van der Waals surface area contributed by atoms with Crippen LogP contribution in [0.25, 0.3) is 0 Å². The second-order valence-corrected chi connectivity index (χ2v) is 2.40. The zero-order chi connectivity index (χ0) is 7.02. The minimum atomic E-state index is -0.931. The van der Waals surface area contributed by atoms with Gasteiger partial charge in [-0.1, -0.05) is 0 Å². The van der Waals surface area contributed by atoms with Crippen molar-refractivity contribution < 1.29 is 10.0 Å². The second kappa shape index (κ2) is 2.21. The summed E-state index contributed by atoms with van der Waals surface area (Å²) in [6.45, 7) is 0. The van der Waals surface area contributed by atoms with Crippen LogP contribution in [0.1, 0.15) is 0 Å². The van der Waals surface area contributed by atoms with Gasteiger partial charge in [0.05, 0.1) is 0 Å². The molecule has 7 heteroatoms. The molecule has 0 aromatic heterocycles. The Kier molecular flexibility index (Phi) is 1.70. The third-order valence-corrected chi connectivity index (χ3v) is 1.67. The fraction of sp³-hybridized carbons (Fsp3) is 0.500. The summed E-state index contributed by atoms with van der Waals surface area (Å²) >= 11 is 0.562. The molecule has 0 aromatic rings. The summed E-state index contributed by atoms with van der Waals surface area (Å²) in [5.41, 5.74) is 5.14. The molecule has 5 N–H and O–H groups in total. The number of carbonyl (C=O) groups is 1. The van der Waals surface area contributed by atoms with Crippen molar-refractivity contribution in [3.8, 4) is 0 Å². The molecular weight excluding hydrogens is 144 g/mol. The van der Waals surface area contributed by atoms with Crippen molar-refractivity contribution in [1.82, 2.24) is 9.70 Å². The lowest BCUT2D eigenvalue weighted by Crippen LogP contribution is -2.49. The van der Waals surface area contributed by atoms with Crippen LogP contribution >= 0.6 is 11.9 Å². The van der Waals surface area contributed by atoms with Gasteiger partial charge >= 0.3 is 0 Å². The maximum absolute atomic E-state index is 10.5. The number of hydrogen-bond donors (Lipinski definition) is 3. The largest absolute Gasteiger partial charge is 0.306 e. The van der Waals surface area contributed by atoms with Gasteiger partial charge in [0.2, 0.25) is 5.12 Å². The molecule has 1 unspecified atom stereocenters. The quantitative estimate of drug-likeness (QED) is 0.278. The van der Waals surface area contributed by atoms with Gasteiger partial charge in [0.1, 0.15) is 0 Å². The zero-order valence-corrected chi connectivity index (χ0v) is 5.21. The predicted molar refractivity (Wildman–Crippen MR) is 30.2 cm³/mol. The Labute approximate surface area is 55.4 Å². The van der Waals surface area contributed by atoms with Crippen LogP contribution in [0.4, 0.5) is 0 Å². The van der Waals surface area contributed by atoms with Crippen molar-refractivity contribution in [2.24, 2.45) is 11.6 Å². The molecule has 0 saturated carbocycles. The maximum atomic E-state index is 10.5. The highest BCUT2D eigenvalue weighted by molar-refractivity contribution is 8.11. The summed E-state index contributed by atoms with van der Waals surface area (Å²) < 4.78 is 0.493. The lowest BCUT2D eigenvalue weighted by Gasteiger charge is -2.14. The minimum absolute atomic E-state index is 0.375. The SMILES string of the molecule is NC1C(=O)SN(O)N1N. The molecule has 1 aliphatic heterocycles. The van der Waals surface area contributed by atoms with E-state index in [2.05, 4.69) is 0 Å². The number of nitrogens with zero attached hydrogens (tertiary/aromatic N) is 2. The minimum Gasteiger partial charge on any atom is -0.306 e. The standard InChI is InChI=1S/C2H6N4O2S/c3-1-2(7)9-6(8)5(1)4/h1,8H,3-4H2. The fourth-order valence-corrected chi connectivity index (χ4v) is 0.969. The Morgan fingerprint density at radius 1 is 1.78 bits per heavy atom. The molecule has 0 amide bonds. The lowest BCUT2D eigenvalue weighted by atomic mass is 10.6. The van der Waals surface area contributed by atoms with Crippen molar-refractivity contribution in [3.63, 3.8) is 0 Å². The van der Waals surface area contributed by atoms with Crippen molar-refractivity contribution in [2.75, 3.05) is 0 Å². The van der Waals surface area contributed by atoms with Crippen LogP contribution in [-0.2, 0) is 4.79 Å². The molecular formula is C2H6N4O2S. The lowest BCUT2D eigenvalue weighted by molar-refractivity contribution is -0.166. The Morgan fingerprint density at radius 3 is 2.44 bits per heavy atom. The molecule has 1 rings (SSSR count). The van der Waals surface area contributed by atoms with E-state index in [1.54, 1.807) is 0 Å². The molecule has 0 bridgehead atoms. The van der Waals surface area contributed by atoms with E-state index in [-0.39, 0.29) is 5.12 Å². The van der Waals surface area contributed by atoms with E-state index in [0.717, 1.165) is 5.12 Å². The van der Waals surface area contributed by atoms with Gasteiger partial charge in [-0.3, -0.25) is 15.8 Å². The van der Waals surface area contributed by atoms with E-state index in [1.807, 2.05) is 0 Å². The maximum Gasteiger partial charge on any atom is 0.241 e.